The van der Waals surface area contributed by atoms with Crippen LogP contribution >= 0.6 is 0 Å². The molecule has 0 aromatic carbocycles. The van der Waals surface area contributed by atoms with E-state index in [1.807, 2.05) is 0 Å². The van der Waals surface area contributed by atoms with Crippen LogP contribution in [0.1, 0.15) is 30.3 Å². The zero-order valence-electron chi connectivity index (χ0n) is 9.85. The smallest absolute Gasteiger partial charge is 0.354 e. The quantitative estimate of drug-likeness (QED) is 0.667. The van der Waals surface area contributed by atoms with Crippen LogP contribution in [0.4, 0.5) is 5.95 Å². The normalized spacial score (nSPS) is 10.2. The first-order chi connectivity index (χ1) is 8.24. The van der Waals surface area contributed by atoms with E-state index in [1.54, 1.807) is 0 Å². The Morgan fingerprint density at radius 2 is 2.35 bits per heavy atom. The molecule has 1 aromatic heterocycles. The molecule has 1 rings (SSSR count). The lowest BCUT2D eigenvalue weighted by Gasteiger charge is -2.05. The number of hydrogen-bond donors (Lipinski definition) is 2. The first-order valence-corrected chi connectivity index (χ1v) is 5.62. The van der Waals surface area contributed by atoms with Crippen molar-refractivity contribution in [3.05, 3.63) is 18.0 Å². The number of hydrogen-bond acceptors (Lipinski definition) is 5. The van der Waals surface area contributed by atoms with Crippen LogP contribution in [-0.4, -0.2) is 40.8 Å². The maximum atomic E-state index is 10.7. The Kier molecular flexibility index (Phi) is 5.95. The second-order valence-corrected chi connectivity index (χ2v) is 3.46. The van der Waals surface area contributed by atoms with Gasteiger partial charge in [-0.05, 0) is 18.9 Å². The molecule has 0 fully saturated rings. The van der Waals surface area contributed by atoms with Crippen molar-refractivity contribution in [3.8, 4) is 0 Å². The van der Waals surface area contributed by atoms with E-state index >= 15 is 0 Å². The highest BCUT2D eigenvalue weighted by atomic mass is 16.5. The third-order valence-corrected chi connectivity index (χ3v) is 1.97. The highest BCUT2D eigenvalue weighted by molar-refractivity contribution is 5.85. The van der Waals surface area contributed by atoms with E-state index in [0.29, 0.717) is 19.1 Å². The van der Waals surface area contributed by atoms with Gasteiger partial charge >= 0.3 is 5.97 Å². The van der Waals surface area contributed by atoms with E-state index in [9.17, 15) is 4.79 Å². The number of aromatic carboxylic acids is 1. The Bertz CT molecular complexity index is 358. The van der Waals surface area contributed by atoms with E-state index in [2.05, 4.69) is 22.2 Å². The van der Waals surface area contributed by atoms with Gasteiger partial charge in [-0.25, -0.2) is 14.8 Å². The van der Waals surface area contributed by atoms with Crippen molar-refractivity contribution in [2.45, 2.75) is 19.8 Å². The van der Waals surface area contributed by atoms with Crippen molar-refractivity contribution in [3.63, 3.8) is 0 Å². The Balaban J connectivity index is 2.27. The molecule has 0 atom stereocenters. The first-order valence-electron chi connectivity index (χ1n) is 5.62. The van der Waals surface area contributed by atoms with Crippen LogP contribution in [0.25, 0.3) is 0 Å². The van der Waals surface area contributed by atoms with Gasteiger partial charge in [-0.3, -0.25) is 0 Å². The molecule has 0 spiro atoms. The minimum Gasteiger partial charge on any atom is -0.477 e. The molecule has 0 aliphatic carbocycles. The minimum absolute atomic E-state index is 0.00951. The fourth-order valence-corrected chi connectivity index (χ4v) is 1.18. The zero-order valence-corrected chi connectivity index (χ0v) is 9.85. The largest absolute Gasteiger partial charge is 0.477 e. The number of carboxylic acid groups (broad SMARTS) is 1. The lowest BCUT2D eigenvalue weighted by Crippen LogP contribution is -2.10. The number of anilines is 1. The van der Waals surface area contributed by atoms with Crippen molar-refractivity contribution < 1.29 is 14.6 Å². The number of carboxylic acids is 1. The highest BCUT2D eigenvalue weighted by Gasteiger charge is 2.05. The molecule has 2 N–H and O–H groups in total. The second-order valence-electron chi connectivity index (χ2n) is 3.46. The number of rotatable bonds is 8. The number of nitrogens with one attached hydrogen (secondary N) is 1. The van der Waals surface area contributed by atoms with Gasteiger partial charge in [-0.1, -0.05) is 6.92 Å². The van der Waals surface area contributed by atoms with Crippen molar-refractivity contribution >= 4 is 11.9 Å². The molecule has 1 heterocycles. The number of carbonyl (C=O) groups is 1. The van der Waals surface area contributed by atoms with Crippen LogP contribution in [0.2, 0.25) is 0 Å². The Hall–Kier alpha value is -1.69. The lowest BCUT2D eigenvalue weighted by atomic mass is 10.4. The summed E-state index contributed by atoms with van der Waals surface area (Å²) in [6.45, 7) is 4.17. The average molecular weight is 239 g/mol. The molecule has 94 valence electrons. The predicted molar refractivity (Wildman–Crippen MR) is 63.2 cm³/mol. The highest BCUT2D eigenvalue weighted by Crippen LogP contribution is 2.00. The molecule has 0 radical (unpaired) electrons. The maximum absolute atomic E-state index is 10.7. The van der Waals surface area contributed by atoms with Crippen molar-refractivity contribution in [1.29, 1.82) is 0 Å². The van der Waals surface area contributed by atoms with E-state index in [-0.39, 0.29) is 5.69 Å². The lowest BCUT2D eigenvalue weighted by molar-refractivity contribution is 0.0690. The van der Waals surface area contributed by atoms with E-state index in [0.717, 1.165) is 19.4 Å². The van der Waals surface area contributed by atoms with Crippen LogP contribution in [0.15, 0.2) is 12.3 Å². The molecule has 0 unspecified atom stereocenters. The average Bonchev–Trinajstić information content (AvgIpc) is 2.34. The SMILES string of the molecule is CCCOCCCNc1nccc(C(=O)O)n1. The summed E-state index contributed by atoms with van der Waals surface area (Å²) in [7, 11) is 0. The molecule has 0 amide bonds. The van der Waals surface area contributed by atoms with Crippen molar-refractivity contribution in [2.24, 2.45) is 0 Å². The van der Waals surface area contributed by atoms with Gasteiger partial charge in [0.1, 0.15) is 0 Å². The summed E-state index contributed by atoms with van der Waals surface area (Å²) in [5.74, 6) is -0.720. The zero-order chi connectivity index (χ0) is 12.5. The summed E-state index contributed by atoms with van der Waals surface area (Å²) in [6, 6.07) is 1.36. The fraction of sp³-hybridized carbons (Fsp3) is 0.545. The van der Waals surface area contributed by atoms with Gasteiger partial charge in [0.15, 0.2) is 5.69 Å². The van der Waals surface area contributed by atoms with Gasteiger partial charge in [-0.15, -0.1) is 0 Å². The van der Waals surface area contributed by atoms with Crippen molar-refractivity contribution in [2.75, 3.05) is 25.1 Å². The standard InChI is InChI=1S/C11H17N3O3/c1-2-7-17-8-3-5-12-11-13-6-4-9(14-11)10(15)16/h4,6H,2-3,5,7-8H2,1H3,(H,15,16)(H,12,13,14). The van der Waals surface area contributed by atoms with Crippen molar-refractivity contribution in [1.82, 2.24) is 9.97 Å². The molecule has 6 heteroatoms. The van der Waals surface area contributed by atoms with Crippen LogP contribution in [0.5, 0.6) is 0 Å². The summed E-state index contributed by atoms with van der Waals surface area (Å²) in [5, 5.41) is 11.7. The summed E-state index contributed by atoms with van der Waals surface area (Å²) >= 11 is 0. The van der Waals surface area contributed by atoms with E-state index < -0.39 is 5.97 Å². The summed E-state index contributed by atoms with van der Waals surface area (Å²) < 4.78 is 5.31. The van der Waals surface area contributed by atoms with Crippen LogP contribution in [-0.2, 0) is 4.74 Å². The number of aromatic nitrogens is 2. The van der Waals surface area contributed by atoms with Crippen LogP contribution < -0.4 is 5.32 Å². The molecular formula is C11H17N3O3. The van der Waals surface area contributed by atoms with Gasteiger partial charge in [-0.2, -0.15) is 0 Å². The van der Waals surface area contributed by atoms with Crippen LogP contribution in [0, 0.1) is 0 Å². The van der Waals surface area contributed by atoms with Gasteiger partial charge in [0.05, 0.1) is 0 Å². The summed E-state index contributed by atoms with van der Waals surface area (Å²) in [5.41, 5.74) is -0.00951. The predicted octanol–water partition coefficient (Wildman–Crippen LogP) is 1.40. The van der Waals surface area contributed by atoms with E-state index in [1.165, 1.54) is 12.3 Å². The molecule has 1 aromatic rings. The molecule has 0 bridgehead atoms. The molecule has 6 nitrogen and oxygen atoms in total. The Labute approximate surface area is 100 Å². The topological polar surface area (TPSA) is 84.3 Å². The molecule has 0 aliphatic rings. The van der Waals surface area contributed by atoms with Gasteiger partial charge in [0.2, 0.25) is 5.95 Å². The molecule has 0 saturated heterocycles. The maximum Gasteiger partial charge on any atom is 0.354 e. The monoisotopic (exact) mass is 239 g/mol. The first kappa shape index (κ1) is 13.4. The van der Waals surface area contributed by atoms with Gasteiger partial charge < -0.3 is 15.2 Å². The number of nitrogens with zero attached hydrogens (tertiary/aromatic N) is 2. The third-order valence-electron chi connectivity index (χ3n) is 1.97. The fourth-order valence-electron chi connectivity index (χ4n) is 1.18. The van der Waals surface area contributed by atoms with Crippen LogP contribution in [0.3, 0.4) is 0 Å². The van der Waals surface area contributed by atoms with E-state index in [4.69, 9.17) is 9.84 Å². The molecule has 17 heavy (non-hydrogen) atoms. The summed E-state index contributed by atoms with van der Waals surface area (Å²) in [6.07, 6.45) is 3.27. The number of ether oxygens (including phenoxy) is 1. The van der Waals surface area contributed by atoms with Gasteiger partial charge in [0, 0.05) is 26.0 Å². The Morgan fingerprint density at radius 3 is 3.06 bits per heavy atom. The molecular weight excluding hydrogens is 222 g/mol. The second kappa shape index (κ2) is 7.56. The molecule has 0 aliphatic heterocycles. The summed E-state index contributed by atoms with van der Waals surface area (Å²) in [4.78, 5) is 18.4. The third kappa shape index (κ3) is 5.26. The molecule has 0 saturated carbocycles. The minimum atomic E-state index is -1.05. The van der Waals surface area contributed by atoms with Gasteiger partial charge in [0.25, 0.3) is 0 Å². The Morgan fingerprint density at radius 1 is 1.53 bits per heavy atom.